The van der Waals surface area contributed by atoms with Crippen LogP contribution in [0, 0.1) is 0 Å². The third-order valence-corrected chi connectivity index (χ3v) is 4.73. The molecule has 2 aliphatic rings. The standard InChI is InChI=1S/C15H22ClN3/c16-14-5-3-4-12(10-17)15(14)19-9-6-13(11-19)18-7-1-2-8-18/h3-5,13H,1-2,6-11,17H2. The van der Waals surface area contributed by atoms with Crippen molar-refractivity contribution in [2.75, 3.05) is 31.1 Å². The zero-order valence-corrected chi connectivity index (χ0v) is 12.1. The van der Waals surface area contributed by atoms with Crippen LogP contribution in [-0.2, 0) is 6.54 Å². The van der Waals surface area contributed by atoms with Gasteiger partial charge in [-0.3, -0.25) is 4.90 Å². The summed E-state index contributed by atoms with van der Waals surface area (Å²) >= 11 is 6.38. The molecule has 0 saturated carbocycles. The van der Waals surface area contributed by atoms with Crippen LogP contribution in [0.25, 0.3) is 0 Å². The van der Waals surface area contributed by atoms with Gasteiger partial charge >= 0.3 is 0 Å². The van der Waals surface area contributed by atoms with Crippen molar-refractivity contribution in [2.45, 2.75) is 31.8 Å². The van der Waals surface area contributed by atoms with E-state index in [2.05, 4.69) is 15.9 Å². The molecule has 2 heterocycles. The van der Waals surface area contributed by atoms with Gasteiger partial charge in [0.1, 0.15) is 0 Å². The highest BCUT2D eigenvalue weighted by molar-refractivity contribution is 6.33. The second kappa shape index (κ2) is 5.70. The fourth-order valence-electron chi connectivity index (χ4n) is 3.43. The summed E-state index contributed by atoms with van der Waals surface area (Å²) in [5.74, 6) is 0. The molecule has 0 bridgehead atoms. The molecule has 19 heavy (non-hydrogen) atoms. The predicted octanol–water partition coefficient (Wildman–Crippen LogP) is 2.47. The number of rotatable bonds is 3. The highest BCUT2D eigenvalue weighted by Crippen LogP contribution is 2.33. The van der Waals surface area contributed by atoms with Crippen molar-refractivity contribution < 1.29 is 0 Å². The van der Waals surface area contributed by atoms with Crippen LogP contribution >= 0.6 is 11.6 Å². The summed E-state index contributed by atoms with van der Waals surface area (Å²) in [7, 11) is 0. The molecule has 2 saturated heterocycles. The van der Waals surface area contributed by atoms with Gasteiger partial charge in [0.05, 0.1) is 10.7 Å². The van der Waals surface area contributed by atoms with Crippen molar-refractivity contribution in [3.05, 3.63) is 28.8 Å². The lowest BCUT2D eigenvalue weighted by atomic mass is 10.1. The van der Waals surface area contributed by atoms with E-state index in [-0.39, 0.29) is 0 Å². The van der Waals surface area contributed by atoms with Crippen molar-refractivity contribution in [3.8, 4) is 0 Å². The maximum atomic E-state index is 6.38. The van der Waals surface area contributed by atoms with Crippen LogP contribution in [-0.4, -0.2) is 37.1 Å². The third kappa shape index (κ3) is 2.60. The largest absolute Gasteiger partial charge is 0.368 e. The molecule has 0 aliphatic carbocycles. The van der Waals surface area contributed by atoms with Gasteiger partial charge in [0.25, 0.3) is 0 Å². The van der Waals surface area contributed by atoms with E-state index in [1.54, 1.807) is 0 Å². The van der Waals surface area contributed by atoms with Crippen LogP contribution in [0.3, 0.4) is 0 Å². The van der Waals surface area contributed by atoms with Crippen molar-refractivity contribution in [1.82, 2.24) is 4.90 Å². The van der Waals surface area contributed by atoms with E-state index < -0.39 is 0 Å². The Labute approximate surface area is 120 Å². The molecule has 1 aromatic rings. The Morgan fingerprint density at radius 3 is 2.74 bits per heavy atom. The summed E-state index contributed by atoms with van der Waals surface area (Å²) in [6.45, 7) is 5.28. The molecule has 3 rings (SSSR count). The molecule has 4 heteroatoms. The van der Waals surface area contributed by atoms with Crippen LogP contribution < -0.4 is 10.6 Å². The topological polar surface area (TPSA) is 32.5 Å². The lowest BCUT2D eigenvalue weighted by Crippen LogP contribution is -2.35. The van der Waals surface area contributed by atoms with E-state index >= 15 is 0 Å². The molecular weight excluding hydrogens is 258 g/mol. The number of anilines is 1. The number of halogens is 1. The van der Waals surface area contributed by atoms with E-state index in [0.717, 1.165) is 29.4 Å². The summed E-state index contributed by atoms with van der Waals surface area (Å²) in [4.78, 5) is 5.06. The minimum atomic E-state index is 0.556. The minimum absolute atomic E-state index is 0.556. The van der Waals surface area contributed by atoms with Crippen LogP contribution in [0.2, 0.25) is 5.02 Å². The molecule has 0 aromatic heterocycles. The van der Waals surface area contributed by atoms with Gasteiger partial charge in [-0.1, -0.05) is 23.7 Å². The molecule has 1 unspecified atom stereocenters. The number of benzene rings is 1. The molecule has 0 amide bonds. The second-order valence-corrected chi connectivity index (χ2v) is 5.99. The highest BCUT2D eigenvalue weighted by atomic mass is 35.5. The summed E-state index contributed by atoms with van der Waals surface area (Å²) in [6.07, 6.45) is 3.96. The molecule has 0 spiro atoms. The first-order valence-electron chi connectivity index (χ1n) is 7.26. The summed E-state index contributed by atoms with van der Waals surface area (Å²) < 4.78 is 0. The van der Waals surface area contributed by atoms with Gasteiger partial charge in [-0.15, -0.1) is 0 Å². The van der Waals surface area contributed by atoms with Gasteiger partial charge in [0, 0.05) is 25.7 Å². The van der Waals surface area contributed by atoms with Crippen LogP contribution in [0.4, 0.5) is 5.69 Å². The summed E-state index contributed by atoms with van der Waals surface area (Å²) in [5.41, 5.74) is 8.17. The number of nitrogens with zero attached hydrogens (tertiary/aromatic N) is 2. The van der Waals surface area contributed by atoms with E-state index in [0.29, 0.717) is 12.6 Å². The lowest BCUT2D eigenvalue weighted by molar-refractivity contribution is 0.260. The zero-order valence-electron chi connectivity index (χ0n) is 11.3. The molecule has 1 atom stereocenters. The van der Waals surface area contributed by atoms with Gasteiger partial charge in [-0.05, 0) is 44.0 Å². The number of hydrogen-bond donors (Lipinski definition) is 1. The number of likely N-dealkylation sites (tertiary alicyclic amines) is 1. The quantitative estimate of drug-likeness (QED) is 0.923. The molecule has 1 aromatic carbocycles. The Hall–Kier alpha value is -0.770. The van der Waals surface area contributed by atoms with Crippen molar-refractivity contribution in [3.63, 3.8) is 0 Å². The number of nitrogens with two attached hydrogens (primary N) is 1. The van der Waals surface area contributed by atoms with E-state index in [1.807, 2.05) is 12.1 Å². The molecule has 2 aliphatic heterocycles. The Morgan fingerprint density at radius 1 is 1.21 bits per heavy atom. The minimum Gasteiger partial charge on any atom is -0.368 e. The summed E-state index contributed by atoms with van der Waals surface area (Å²) in [6, 6.07) is 6.75. The van der Waals surface area contributed by atoms with E-state index in [9.17, 15) is 0 Å². The van der Waals surface area contributed by atoms with Crippen molar-refractivity contribution in [2.24, 2.45) is 5.73 Å². The average Bonchev–Trinajstić information content (AvgIpc) is 3.08. The van der Waals surface area contributed by atoms with Crippen LogP contribution in [0.5, 0.6) is 0 Å². The Balaban J connectivity index is 1.77. The Kier molecular flexibility index (Phi) is 3.96. The second-order valence-electron chi connectivity index (χ2n) is 5.58. The van der Waals surface area contributed by atoms with Gasteiger partial charge in [0.15, 0.2) is 0 Å². The first-order valence-corrected chi connectivity index (χ1v) is 7.64. The number of hydrogen-bond acceptors (Lipinski definition) is 3. The fraction of sp³-hybridized carbons (Fsp3) is 0.600. The lowest BCUT2D eigenvalue weighted by Gasteiger charge is -2.26. The molecule has 2 fully saturated rings. The van der Waals surface area contributed by atoms with Gasteiger partial charge < -0.3 is 10.6 Å². The Morgan fingerprint density at radius 2 is 2.00 bits per heavy atom. The first kappa shape index (κ1) is 13.2. The molecular formula is C15H22ClN3. The summed E-state index contributed by atoms with van der Waals surface area (Å²) in [5, 5.41) is 0.838. The van der Waals surface area contributed by atoms with E-state index in [4.69, 9.17) is 17.3 Å². The van der Waals surface area contributed by atoms with Gasteiger partial charge in [-0.25, -0.2) is 0 Å². The fourth-order valence-corrected chi connectivity index (χ4v) is 3.74. The first-order chi connectivity index (χ1) is 9.29. The molecule has 2 N–H and O–H groups in total. The van der Waals surface area contributed by atoms with E-state index in [1.165, 1.54) is 32.4 Å². The van der Waals surface area contributed by atoms with Crippen LogP contribution in [0.15, 0.2) is 18.2 Å². The predicted molar refractivity (Wildman–Crippen MR) is 80.8 cm³/mol. The average molecular weight is 280 g/mol. The van der Waals surface area contributed by atoms with Crippen molar-refractivity contribution in [1.29, 1.82) is 0 Å². The maximum Gasteiger partial charge on any atom is 0.0642 e. The number of para-hydroxylation sites is 1. The normalized spacial score (nSPS) is 24.3. The maximum absolute atomic E-state index is 6.38. The monoisotopic (exact) mass is 279 g/mol. The smallest absolute Gasteiger partial charge is 0.0642 e. The molecule has 0 radical (unpaired) electrons. The van der Waals surface area contributed by atoms with Crippen molar-refractivity contribution >= 4 is 17.3 Å². The molecule has 104 valence electrons. The molecule has 3 nitrogen and oxygen atoms in total. The van der Waals surface area contributed by atoms with Crippen LogP contribution in [0.1, 0.15) is 24.8 Å². The van der Waals surface area contributed by atoms with Gasteiger partial charge in [-0.2, -0.15) is 0 Å². The van der Waals surface area contributed by atoms with Gasteiger partial charge in [0.2, 0.25) is 0 Å². The Bertz CT molecular complexity index is 443. The third-order valence-electron chi connectivity index (χ3n) is 4.43. The highest BCUT2D eigenvalue weighted by Gasteiger charge is 2.30. The zero-order chi connectivity index (χ0) is 13.2. The SMILES string of the molecule is NCc1cccc(Cl)c1N1CCC(N2CCCC2)C1.